The Labute approximate surface area is 190 Å². The van der Waals surface area contributed by atoms with E-state index in [0.717, 1.165) is 17.6 Å². The molecule has 1 N–H and O–H groups in total. The molecule has 33 heavy (non-hydrogen) atoms. The minimum Gasteiger partial charge on any atom is -0.480 e. The van der Waals surface area contributed by atoms with Gasteiger partial charge in [-0.15, -0.1) is 0 Å². The predicted octanol–water partition coefficient (Wildman–Crippen LogP) is 4.63. The van der Waals surface area contributed by atoms with Crippen molar-refractivity contribution in [2.24, 2.45) is 0 Å². The van der Waals surface area contributed by atoms with E-state index in [4.69, 9.17) is 4.74 Å². The highest BCUT2D eigenvalue weighted by Crippen LogP contribution is 2.42. The first-order valence-electron chi connectivity index (χ1n) is 9.85. The fraction of sp³-hybridized carbons (Fsp3) is 0.333. The van der Waals surface area contributed by atoms with Crippen molar-refractivity contribution in [1.29, 1.82) is 0 Å². The van der Waals surface area contributed by atoms with Gasteiger partial charge >= 0.3 is 12.2 Å². The van der Waals surface area contributed by atoms with E-state index in [-0.39, 0.29) is 30.5 Å². The van der Waals surface area contributed by atoms with E-state index in [9.17, 15) is 22.4 Å². The van der Waals surface area contributed by atoms with Gasteiger partial charge in [-0.25, -0.2) is 19.2 Å². The van der Waals surface area contributed by atoms with Gasteiger partial charge in [0.2, 0.25) is 5.88 Å². The van der Waals surface area contributed by atoms with Gasteiger partial charge in [0.15, 0.2) is 0 Å². The quantitative estimate of drug-likeness (QED) is 0.550. The lowest BCUT2D eigenvalue weighted by Gasteiger charge is -2.28. The summed E-state index contributed by atoms with van der Waals surface area (Å²) in [6.07, 6.45) is -2.16. The van der Waals surface area contributed by atoms with Gasteiger partial charge < -0.3 is 15.0 Å². The van der Waals surface area contributed by atoms with Gasteiger partial charge in [0.1, 0.15) is 22.8 Å². The molecule has 2 aromatic heterocycles. The second-order valence-corrected chi connectivity index (χ2v) is 8.45. The monoisotopic (exact) mass is 481 g/mol. The standard InChI is InChI=1S/C21H19F4N5O2S/c1-12-3-4-13(7-15(12)22)20(18-27-11-28-33-18)5-6-30(10-20)19(31)29-16-8-14(21(23,24)25)9-26-17(16)32-2/h3-4,7-9,11H,5-6,10H2,1-2H3,(H,29,31)/t20-/m1/s1. The first kappa shape index (κ1) is 22.9. The largest absolute Gasteiger partial charge is 0.480 e. The Bertz CT molecular complexity index is 1170. The Morgan fingerprint density at radius 3 is 2.70 bits per heavy atom. The molecule has 3 heterocycles. The molecule has 0 radical (unpaired) electrons. The zero-order chi connectivity index (χ0) is 23.8. The third kappa shape index (κ3) is 4.34. The molecule has 1 atom stereocenters. The van der Waals surface area contributed by atoms with Gasteiger partial charge in [-0.1, -0.05) is 12.1 Å². The Morgan fingerprint density at radius 2 is 2.06 bits per heavy atom. The summed E-state index contributed by atoms with van der Waals surface area (Å²) < 4.78 is 62.7. The van der Waals surface area contributed by atoms with E-state index < -0.39 is 23.2 Å². The number of likely N-dealkylation sites (tertiary alicyclic amines) is 1. The number of alkyl halides is 3. The molecule has 1 aliphatic rings. The molecule has 174 valence electrons. The second kappa shape index (κ2) is 8.58. The van der Waals surface area contributed by atoms with Crippen molar-refractivity contribution in [3.05, 3.63) is 64.3 Å². The number of benzene rings is 1. The SMILES string of the molecule is COc1ncc(C(F)(F)F)cc1NC(=O)N1CC[C@@](c2ccc(C)c(F)c2)(c2ncns2)C1. The smallest absolute Gasteiger partial charge is 0.417 e. The van der Waals surface area contributed by atoms with Gasteiger partial charge in [-0.2, -0.15) is 17.5 Å². The molecule has 1 aliphatic heterocycles. The number of anilines is 1. The summed E-state index contributed by atoms with van der Waals surface area (Å²) in [6.45, 7) is 2.07. The molecule has 0 spiro atoms. The highest BCUT2D eigenvalue weighted by atomic mass is 32.1. The maximum Gasteiger partial charge on any atom is 0.417 e. The molecule has 7 nitrogen and oxygen atoms in total. The van der Waals surface area contributed by atoms with Gasteiger partial charge in [0, 0.05) is 19.3 Å². The minimum absolute atomic E-state index is 0.144. The summed E-state index contributed by atoms with van der Waals surface area (Å²) in [5.74, 6) is -0.523. The number of carbonyl (C=O) groups is 1. The van der Waals surface area contributed by atoms with Crippen molar-refractivity contribution in [2.45, 2.75) is 24.9 Å². The van der Waals surface area contributed by atoms with E-state index in [1.165, 1.54) is 24.4 Å². The fourth-order valence-electron chi connectivity index (χ4n) is 3.85. The molecule has 0 bridgehead atoms. The number of methoxy groups -OCH3 is 1. The van der Waals surface area contributed by atoms with Crippen LogP contribution < -0.4 is 10.1 Å². The molecule has 3 aromatic rings. The van der Waals surface area contributed by atoms with Gasteiger partial charge in [0.25, 0.3) is 0 Å². The molecule has 12 heteroatoms. The highest BCUT2D eigenvalue weighted by molar-refractivity contribution is 7.05. The first-order valence-corrected chi connectivity index (χ1v) is 10.6. The van der Waals surface area contributed by atoms with Crippen molar-refractivity contribution in [3.8, 4) is 5.88 Å². The zero-order valence-electron chi connectivity index (χ0n) is 17.6. The molecule has 1 aromatic carbocycles. The third-order valence-corrected chi connectivity index (χ3v) is 6.53. The van der Waals surface area contributed by atoms with Crippen molar-refractivity contribution in [3.63, 3.8) is 0 Å². The van der Waals surface area contributed by atoms with E-state index in [0.29, 0.717) is 28.8 Å². The molecular weight excluding hydrogens is 462 g/mol. The lowest BCUT2D eigenvalue weighted by atomic mass is 9.80. The lowest BCUT2D eigenvalue weighted by Crippen LogP contribution is -2.37. The van der Waals surface area contributed by atoms with Crippen LogP contribution in [0.1, 0.15) is 28.1 Å². The number of hydrogen-bond donors (Lipinski definition) is 1. The number of halogens is 4. The van der Waals surface area contributed by atoms with E-state index >= 15 is 0 Å². The Hall–Kier alpha value is -3.28. The molecule has 0 aliphatic carbocycles. The number of carbonyl (C=O) groups excluding carboxylic acids is 1. The molecule has 4 rings (SSSR count). The summed E-state index contributed by atoms with van der Waals surface area (Å²) >= 11 is 1.16. The average Bonchev–Trinajstić information content (AvgIpc) is 3.46. The van der Waals surface area contributed by atoms with Crippen LogP contribution in [0.25, 0.3) is 0 Å². The Balaban J connectivity index is 1.63. The highest BCUT2D eigenvalue weighted by Gasteiger charge is 2.45. The third-order valence-electron chi connectivity index (χ3n) is 5.67. The molecule has 2 amide bonds. The number of hydrogen-bond acceptors (Lipinski definition) is 6. The zero-order valence-corrected chi connectivity index (χ0v) is 18.4. The number of nitrogens with zero attached hydrogens (tertiary/aromatic N) is 4. The van der Waals surface area contributed by atoms with E-state index in [1.54, 1.807) is 19.1 Å². The predicted molar refractivity (Wildman–Crippen MR) is 113 cm³/mol. The number of aryl methyl sites for hydroxylation is 1. The van der Waals surface area contributed by atoms with Crippen LogP contribution in [0.5, 0.6) is 5.88 Å². The number of ether oxygens (including phenoxy) is 1. The van der Waals surface area contributed by atoms with Crippen molar-refractivity contribution in [2.75, 3.05) is 25.5 Å². The van der Waals surface area contributed by atoms with Crippen LogP contribution in [0.15, 0.2) is 36.8 Å². The average molecular weight is 481 g/mol. The topological polar surface area (TPSA) is 80.2 Å². The molecule has 0 saturated carbocycles. The van der Waals surface area contributed by atoms with Crippen LogP contribution in [0, 0.1) is 12.7 Å². The summed E-state index contributed by atoms with van der Waals surface area (Å²) in [4.78, 5) is 22.4. The summed E-state index contributed by atoms with van der Waals surface area (Å²) in [5.41, 5.74) is -0.868. The van der Waals surface area contributed by atoms with Gasteiger partial charge in [0.05, 0.1) is 18.1 Å². The molecule has 0 unspecified atom stereocenters. The van der Waals surface area contributed by atoms with Crippen molar-refractivity contribution in [1.82, 2.24) is 19.2 Å². The number of aromatic nitrogens is 3. The Kier molecular flexibility index (Phi) is 5.95. The molecule has 1 fully saturated rings. The summed E-state index contributed by atoms with van der Waals surface area (Å²) in [7, 11) is 1.24. The minimum atomic E-state index is -4.63. The Morgan fingerprint density at radius 1 is 1.27 bits per heavy atom. The normalized spacial score (nSPS) is 18.4. The van der Waals surface area contributed by atoms with Gasteiger partial charge in [-0.05, 0) is 48.1 Å². The maximum absolute atomic E-state index is 14.4. The number of pyridine rings is 1. The van der Waals surface area contributed by atoms with Crippen LogP contribution in [0.3, 0.4) is 0 Å². The lowest BCUT2D eigenvalue weighted by molar-refractivity contribution is -0.137. The van der Waals surface area contributed by atoms with Crippen LogP contribution in [0.2, 0.25) is 0 Å². The van der Waals surface area contributed by atoms with Crippen molar-refractivity contribution < 1.29 is 27.1 Å². The van der Waals surface area contributed by atoms with Crippen LogP contribution in [-0.4, -0.2) is 45.5 Å². The summed E-state index contributed by atoms with van der Waals surface area (Å²) in [5, 5.41) is 3.09. The molecular formula is C21H19F4N5O2S. The van der Waals surface area contributed by atoms with Crippen molar-refractivity contribution >= 4 is 23.3 Å². The van der Waals surface area contributed by atoms with E-state index in [2.05, 4.69) is 19.7 Å². The summed E-state index contributed by atoms with van der Waals surface area (Å²) in [6, 6.07) is 5.02. The number of urea groups is 1. The van der Waals surface area contributed by atoms with E-state index in [1.807, 2.05) is 0 Å². The van der Waals surface area contributed by atoms with Crippen LogP contribution in [0.4, 0.5) is 28.0 Å². The number of nitrogens with one attached hydrogen (secondary N) is 1. The second-order valence-electron chi connectivity index (χ2n) is 7.67. The van der Waals surface area contributed by atoms with Crippen LogP contribution >= 0.6 is 11.5 Å². The molecule has 1 saturated heterocycles. The maximum atomic E-state index is 14.4. The fourth-order valence-corrected chi connectivity index (χ4v) is 4.59. The number of amides is 2. The van der Waals surface area contributed by atoms with Crippen LogP contribution in [-0.2, 0) is 11.6 Å². The van der Waals surface area contributed by atoms with Gasteiger partial charge in [-0.3, -0.25) is 0 Å². The first-order chi connectivity index (χ1) is 15.6. The number of rotatable bonds is 4.